The molecule has 1 spiro atoms. The second-order valence-corrected chi connectivity index (χ2v) is 5.21. The summed E-state index contributed by atoms with van der Waals surface area (Å²) in [5, 5.41) is 0. The van der Waals surface area contributed by atoms with E-state index in [0.29, 0.717) is 5.41 Å². The van der Waals surface area contributed by atoms with Gasteiger partial charge in [0.05, 0.1) is 13.2 Å². The van der Waals surface area contributed by atoms with E-state index in [0.717, 1.165) is 32.0 Å². The van der Waals surface area contributed by atoms with Crippen LogP contribution in [-0.2, 0) is 9.47 Å². The lowest BCUT2D eigenvalue weighted by Crippen LogP contribution is -2.43. The Balaban J connectivity index is 2.10. The van der Waals surface area contributed by atoms with Crippen LogP contribution in [0, 0.1) is 11.3 Å². The highest BCUT2D eigenvalue weighted by Gasteiger charge is 2.47. The van der Waals surface area contributed by atoms with Crippen molar-refractivity contribution >= 4 is 0 Å². The molecule has 1 atom stereocenters. The molecule has 2 aliphatic rings. The maximum Gasteiger partial charge on any atom is 0.169 e. The quantitative estimate of drug-likeness (QED) is 0.576. The van der Waals surface area contributed by atoms with Gasteiger partial charge in [-0.05, 0) is 17.8 Å². The van der Waals surface area contributed by atoms with Crippen LogP contribution in [0.1, 0.15) is 40.0 Å². The predicted octanol–water partition coefficient (Wildman–Crippen LogP) is 2.58. The first kappa shape index (κ1) is 9.47. The third-order valence-corrected chi connectivity index (χ3v) is 3.83. The fraction of sp³-hybridized carbons (Fsp3) is 1.00. The minimum atomic E-state index is -0.212. The minimum absolute atomic E-state index is 0.212. The van der Waals surface area contributed by atoms with Crippen LogP contribution in [0.15, 0.2) is 0 Å². The van der Waals surface area contributed by atoms with Crippen LogP contribution in [0.3, 0.4) is 0 Å². The number of ether oxygens (including phenoxy) is 2. The van der Waals surface area contributed by atoms with Crippen LogP contribution in [-0.4, -0.2) is 19.0 Å². The van der Waals surface area contributed by atoms with Crippen LogP contribution in [0.5, 0.6) is 0 Å². The summed E-state index contributed by atoms with van der Waals surface area (Å²) in [6.45, 7) is 8.55. The average molecular weight is 184 g/mol. The van der Waals surface area contributed by atoms with Crippen LogP contribution >= 0.6 is 0 Å². The fourth-order valence-electron chi connectivity index (χ4n) is 2.53. The molecule has 2 heteroatoms. The molecule has 0 unspecified atom stereocenters. The smallest absolute Gasteiger partial charge is 0.169 e. The largest absolute Gasteiger partial charge is 0.348 e. The highest BCUT2D eigenvalue weighted by Crippen LogP contribution is 2.48. The first-order valence-corrected chi connectivity index (χ1v) is 5.32. The molecule has 2 nitrogen and oxygen atoms in total. The summed E-state index contributed by atoms with van der Waals surface area (Å²) in [6, 6.07) is 0. The molecule has 1 aliphatic carbocycles. The number of hydrogen-bond donors (Lipinski definition) is 0. The van der Waals surface area contributed by atoms with E-state index in [1.807, 2.05) is 0 Å². The Morgan fingerprint density at radius 3 is 2.31 bits per heavy atom. The fourth-order valence-corrected chi connectivity index (χ4v) is 2.53. The van der Waals surface area contributed by atoms with Gasteiger partial charge in [0.25, 0.3) is 0 Å². The Kier molecular flexibility index (Phi) is 2.16. The minimum Gasteiger partial charge on any atom is -0.348 e. The molecule has 0 aromatic heterocycles. The molecular formula is C11H20O2. The van der Waals surface area contributed by atoms with E-state index in [4.69, 9.17) is 9.47 Å². The van der Waals surface area contributed by atoms with E-state index in [2.05, 4.69) is 20.8 Å². The SMILES string of the molecule is C[C@H]1CCC2(CC1(C)C)OCCO2. The van der Waals surface area contributed by atoms with Gasteiger partial charge in [0.15, 0.2) is 5.79 Å². The van der Waals surface area contributed by atoms with Gasteiger partial charge in [0, 0.05) is 12.8 Å². The predicted molar refractivity (Wildman–Crippen MR) is 51.4 cm³/mol. The van der Waals surface area contributed by atoms with Crippen molar-refractivity contribution in [2.45, 2.75) is 45.8 Å². The summed E-state index contributed by atoms with van der Waals surface area (Å²) in [4.78, 5) is 0. The molecule has 13 heavy (non-hydrogen) atoms. The van der Waals surface area contributed by atoms with Crippen molar-refractivity contribution in [3.63, 3.8) is 0 Å². The molecular weight excluding hydrogens is 164 g/mol. The van der Waals surface area contributed by atoms with E-state index >= 15 is 0 Å². The highest BCUT2D eigenvalue weighted by atomic mass is 16.7. The van der Waals surface area contributed by atoms with E-state index in [1.165, 1.54) is 6.42 Å². The van der Waals surface area contributed by atoms with Crippen molar-refractivity contribution in [3.8, 4) is 0 Å². The second kappa shape index (κ2) is 2.96. The van der Waals surface area contributed by atoms with Gasteiger partial charge < -0.3 is 9.47 Å². The lowest BCUT2D eigenvalue weighted by Gasteiger charge is -2.45. The normalized spacial score (nSPS) is 36.7. The standard InChI is InChI=1S/C11H20O2/c1-9-4-5-11(8-10(9,2)3)12-6-7-13-11/h9H,4-8H2,1-3H3/t9-/m0/s1. The zero-order valence-corrected chi connectivity index (χ0v) is 8.93. The van der Waals surface area contributed by atoms with Crippen LogP contribution in [0.2, 0.25) is 0 Å². The molecule has 76 valence electrons. The molecule has 0 bridgehead atoms. The van der Waals surface area contributed by atoms with Crippen molar-refractivity contribution in [1.29, 1.82) is 0 Å². The maximum absolute atomic E-state index is 5.74. The molecule has 1 saturated carbocycles. The van der Waals surface area contributed by atoms with E-state index in [-0.39, 0.29) is 5.79 Å². The first-order valence-electron chi connectivity index (χ1n) is 5.32. The third-order valence-electron chi connectivity index (χ3n) is 3.83. The summed E-state index contributed by atoms with van der Waals surface area (Å²) in [7, 11) is 0. The molecule has 2 rings (SSSR count). The van der Waals surface area contributed by atoms with E-state index in [9.17, 15) is 0 Å². The molecule has 1 saturated heterocycles. The highest BCUT2D eigenvalue weighted by molar-refractivity contribution is 4.91. The van der Waals surface area contributed by atoms with Crippen molar-refractivity contribution in [1.82, 2.24) is 0 Å². The lowest BCUT2D eigenvalue weighted by atomic mass is 9.67. The van der Waals surface area contributed by atoms with Crippen LogP contribution in [0.25, 0.3) is 0 Å². The topological polar surface area (TPSA) is 18.5 Å². The Bertz CT molecular complexity index is 192. The Morgan fingerprint density at radius 1 is 1.15 bits per heavy atom. The molecule has 1 aliphatic heterocycles. The Labute approximate surface area is 80.6 Å². The van der Waals surface area contributed by atoms with Gasteiger partial charge in [-0.1, -0.05) is 20.8 Å². The van der Waals surface area contributed by atoms with E-state index < -0.39 is 0 Å². The maximum atomic E-state index is 5.74. The van der Waals surface area contributed by atoms with Crippen molar-refractivity contribution < 1.29 is 9.47 Å². The van der Waals surface area contributed by atoms with Crippen LogP contribution in [0.4, 0.5) is 0 Å². The molecule has 0 aromatic carbocycles. The Hall–Kier alpha value is -0.0800. The van der Waals surface area contributed by atoms with Crippen LogP contribution < -0.4 is 0 Å². The van der Waals surface area contributed by atoms with Gasteiger partial charge in [-0.25, -0.2) is 0 Å². The van der Waals surface area contributed by atoms with Gasteiger partial charge in [0.1, 0.15) is 0 Å². The van der Waals surface area contributed by atoms with Gasteiger partial charge in [-0.2, -0.15) is 0 Å². The molecule has 0 radical (unpaired) electrons. The number of hydrogen-bond acceptors (Lipinski definition) is 2. The average Bonchev–Trinajstić information content (AvgIpc) is 2.46. The third kappa shape index (κ3) is 1.62. The molecule has 0 aromatic rings. The zero-order chi connectivity index (χ0) is 9.53. The summed E-state index contributed by atoms with van der Waals surface area (Å²) < 4.78 is 11.5. The van der Waals surface area contributed by atoms with Gasteiger partial charge in [-0.15, -0.1) is 0 Å². The van der Waals surface area contributed by atoms with Crippen molar-refractivity contribution in [2.24, 2.45) is 11.3 Å². The molecule has 0 N–H and O–H groups in total. The monoisotopic (exact) mass is 184 g/mol. The summed E-state index contributed by atoms with van der Waals surface area (Å²) in [5.41, 5.74) is 0.364. The zero-order valence-electron chi connectivity index (χ0n) is 8.93. The van der Waals surface area contributed by atoms with Gasteiger partial charge >= 0.3 is 0 Å². The summed E-state index contributed by atoms with van der Waals surface area (Å²) in [5.74, 6) is 0.571. The molecule has 2 fully saturated rings. The first-order chi connectivity index (χ1) is 6.04. The molecule has 0 amide bonds. The van der Waals surface area contributed by atoms with Gasteiger partial charge in [-0.3, -0.25) is 0 Å². The second-order valence-electron chi connectivity index (χ2n) is 5.21. The lowest BCUT2D eigenvalue weighted by molar-refractivity contribution is -0.207. The Morgan fingerprint density at radius 2 is 1.77 bits per heavy atom. The van der Waals surface area contributed by atoms with Gasteiger partial charge in [0.2, 0.25) is 0 Å². The number of rotatable bonds is 0. The summed E-state index contributed by atoms with van der Waals surface area (Å²) in [6.07, 6.45) is 3.37. The molecule has 1 heterocycles. The van der Waals surface area contributed by atoms with Crippen molar-refractivity contribution in [3.05, 3.63) is 0 Å². The van der Waals surface area contributed by atoms with Crippen molar-refractivity contribution in [2.75, 3.05) is 13.2 Å². The van der Waals surface area contributed by atoms with E-state index in [1.54, 1.807) is 0 Å². The summed E-state index contributed by atoms with van der Waals surface area (Å²) >= 11 is 0.